The molecule has 0 saturated carbocycles. The quantitative estimate of drug-likeness (QED) is 0.910. The Morgan fingerprint density at radius 1 is 1.20 bits per heavy atom. The molecule has 104 valence electrons. The first-order valence-corrected chi connectivity index (χ1v) is 6.28. The number of halogens is 2. The minimum absolute atomic E-state index is 0.183. The summed E-state index contributed by atoms with van der Waals surface area (Å²) < 4.78 is 18.9. The van der Waals surface area contributed by atoms with E-state index in [9.17, 15) is 9.18 Å². The summed E-state index contributed by atoms with van der Waals surface area (Å²) in [5.41, 5.74) is 1.07. The van der Waals surface area contributed by atoms with Crippen molar-refractivity contribution in [2.24, 2.45) is 0 Å². The number of ether oxygens (including phenoxy) is 1. The van der Waals surface area contributed by atoms with Crippen LogP contribution >= 0.6 is 11.6 Å². The van der Waals surface area contributed by atoms with Gasteiger partial charge in [0.05, 0.1) is 18.8 Å². The van der Waals surface area contributed by atoms with Crippen LogP contribution in [0.2, 0.25) is 5.02 Å². The van der Waals surface area contributed by atoms with Crippen molar-refractivity contribution in [3.8, 4) is 0 Å². The van der Waals surface area contributed by atoms with Crippen molar-refractivity contribution in [1.82, 2.24) is 0 Å². The third kappa shape index (κ3) is 3.56. The normalized spacial score (nSPS) is 10.5. The molecule has 5 heteroatoms. The Labute approximate surface area is 120 Å². The zero-order valence-electron chi connectivity index (χ0n) is 10.5. The summed E-state index contributed by atoms with van der Waals surface area (Å²) >= 11 is 5.98. The molecule has 0 radical (unpaired) electrons. The third-order valence-corrected chi connectivity index (χ3v) is 3.12. The fourth-order valence-corrected chi connectivity index (χ4v) is 1.91. The van der Waals surface area contributed by atoms with Crippen molar-refractivity contribution in [1.29, 1.82) is 0 Å². The van der Waals surface area contributed by atoms with Crippen molar-refractivity contribution in [3.63, 3.8) is 0 Å². The van der Waals surface area contributed by atoms with Crippen LogP contribution in [0.3, 0.4) is 0 Å². The maximum Gasteiger partial charge on any atom is 0.338 e. The van der Waals surface area contributed by atoms with Gasteiger partial charge >= 0.3 is 5.97 Å². The first kappa shape index (κ1) is 14.5. The van der Waals surface area contributed by atoms with E-state index in [0.717, 1.165) is 11.6 Å². The van der Waals surface area contributed by atoms with Gasteiger partial charge in [0.2, 0.25) is 0 Å². The first-order chi connectivity index (χ1) is 9.58. The van der Waals surface area contributed by atoms with Crippen LogP contribution in [-0.2, 0) is 18.0 Å². The van der Waals surface area contributed by atoms with Gasteiger partial charge in [-0.2, -0.15) is 0 Å². The average molecular weight is 295 g/mol. The highest BCUT2D eigenvalue weighted by atomic mass is 35.5. The number of hydrogen-bond acceptors (Lipinski definition) is 2. The van der Waals surface area contributed by atoms with Crippen LogP contribution in [0.15, 0.2) is 42.5 Å². The molecular weight excluding hydrogens is 283 g/mol. The van der Waals surface area contributed by atoms with Gasteiger partial charge in [0.25, 0.3) is 0 Å². The molecule has 0 aliphatic rings. The van der Waals surface area contributed by atoms with E-state index in [1.807, 2.05) is 18.2 Å². The highest BCUT2D eigenvalue weighted by Gasteiger charge is 2.10. The monoisotopic (exact) mass is 294 g/mol. The van der Waals surface area contributed by atoms with Crippen LogP contribution in [0.1, 0.15) is 21.5 Å². The Hall–Kier alpha value is -1.91. The summed E-state index contributed by atoms with van der Waals surface area (Å²) in [6, 6.07) is 11.2. The molecule has 0 bridgehead atoms. The van der Waals surface area contributed by atoms with E-state index in [2.05, 4.69) is 0 Å². The Kier molecular flexibility index (Phi) is 4.71. The van der Waals surface area contributed by atoms with Gasteiger partial charge in [-0.15, -0.1) is 0 Å². The lowest BCUT2D eigenvalue weighted by Gasteiger charge is -2.07. The minimum atomic E-state index is -1.29. The Morgan fingerprint density at radius 3 is 2.60 bits per heavy atom. The van der Waals surface area contributed by atoms with Crippen molar-refractivity contribution in [2.45, 2.75) is 13.2 Å². The number of benzene rings is 2. The smallest absolute Gasteiger partial charge is 0.338 e. The number of hydrogen-bond donors (Lipinski definition) is 1. The minimum Gasteiger partial charge on any atom is -0.478 e. The van der Waals surface area contributed by atoms with Gasteiger partial charge in [0.1, 0.15) is 5.82 Å². The van der Waals surface area contributed by atoms with E-state index in [4.69, 9.17) is 21.4 Å². The molecule has 3 nitrogen and oxygen atoms in total. The van der Waals surface area contributed by atoms with E-state index < -0.39 is 11.8 Å². The van der Waals surface area contributed by atoms with Crippen LogP contribution in [0.5, 0.6) is 0 Å². The summed E-state index contributed by atoms with van der Waals surface area (Å²) in [4.78, 5) is 10.7. The molecule has 2 aromatic rings. The molecule has 2 rings (SSSR count). The molecule has 2 aromatic carbocycles. The molecule has 0 aromatic heterocycles. The number of carboxylic acid groups (broad SMARTS) is 1. The summed E-state index contributed by atoms with van der Waals surface area (Å²) in [6.45, 7) is 0.490. The van der Waals surface area contributed by atoms with Crippen LogP contribution < -0.4 is 0 Å². The fourth-order valence-electron chi connectivity index (χ4n) is 1.72. The highest BCUT2D eigenvalue weighted by Crippen LogP contribution is 2.17. The predicted octanol–water partition coefficient (Wildman–Crippen LogP) is 3.89. The zero-order chi connectivity index (χ0) is 14.5. The van der Waals surface area contributed by atoms with Crippen LogP contribution in [0, 0.1) is 5.82 Å². The van der Waals surface area contributed by atoms with E-state index in [1.54, 1.807) is 6.07 Å². The van der Waals surface area contributed by atoms with E-state index in [0.29, 0.717) is 17.2 Å². The maximum absolute atomic E-state index is 13.5. The SMILES string of the molecule is O=C(O)c1ccc(COCc2ccccc2Cl)cc1F. The number of carbonyl (C=O) groups is 1. The van der Waals surface area contributed by atoms with Crippen molar-refractivity contribution in [3.05, 3.63) is 70.0 Å². The molecule has 0 aliphatic heterocycles. The molecule has 1 N–H and O–H groups in total. The molecule has 0 saturated heterocycles. The molecule has 0 atom stereocenters. The summed E-state index contributed by atoms with van der Waals surface area (Å²) in [5, 5.41) is 9.34. The summed E-state index contributed by atoms with van der Waals surface area (Å²) in [5.74, 6) is -2.05. The maximum atomic E-state index is 13.5. The summed E-state index contributed by atoms with van der Waals surface area (Å²) in [7, 11) is 0. The lowest BCUT2D eigenvalue weighted by atomic mass is 10.1. The standard InChI is InChI=1S/C15H12ClFO3/c16-13-4-2-1-3-11(13)9-20-8-10-5-6-12(15(18)19)14(17)7-10/h1-7H,8-9H2,(H,18,19). The fraction of sp³-hybridized carbons (Fsp3) is 0.133. The molecule has 0 spiro atoms. The number of carboxylic acids is 1. The lowest BCUT2D eigenvalue weighted by molar-refractivity contribution is 0.0691. The first-order valence-electron chi connectivity index (χ1n) is 5.91. The largest absolute Gasteiger partial charge is 0.478 e. The van der Waals surface area contributed by atoms with Crippen LogP contribution in [0.25, 0.3) is 0 Å². The second-order valence-corrected chi connectivity index (χ2v) is 4.61. The van der Waals surface area contributed by atoms with Crippen LogP contribution in [0.4, 0.5) is 4.39 Å². The van der Waals surface area contributed by atoms with Crippen molar-refractivity contribution < 1.29 is 19.0 Å². The van der Waals surface area contributed by atoms with Gasteiger partial charge in [-0.1, -0.05) is 35.9 Å². The van der Waals surface area contributed by atoms with E-state index in [1.165, 1.54) is 12.1 Å². The Morgan fingerprint density at radius 2 is 1.95 bits per heavy atom. The molecule has 0 amide bonds. The molecule has 0 heterocycles. The van der Waals surface area contributed by atoms with Gasteiger partial charge in [-0.3, -0.25) is 0 Å². The predicted molar refractivity (Wildman–Crippen MR) is 73.3 cm³/mol. The average Bonchev–Trinajstić information content (AvgIpc) is 2.40. The molecule has 0 fully saturated rings. The third-order valence-electron chi connectivity index (χ3n) is 2.75. The molecule has 20 heavy (non-hydrogen) atoms. The van der Waals surface area contributed by atoms with Gasteiger partial charge < -0.3 is 9.84 Å². The van der Waals surface area contributed by atoms with E-state index in [-0.39, 0.29) is 12.2 Å². The number of aromatic carboxylic acids is 1. The Balaban J connectivity index is 1.97. The van der Waals surface area contributed by atoms with Gasteiger partial charge in [-0.05, 0) is 29.3 Å². The van der Waals surface area contributed by atoms with E-state index >= 15 is 0 Å². The highest BCUT2D eigenvalue weighted by molar-refractivity contribution is 6.31. The second kappa shape index (κ2) is 6.50. The topological polar surface area (TPSA) is 46.5 Å². The van der Waals surface area contributed by atoms with Crippen molar-refractivity contribution >= 4 is 17.6 Å². The van der Waals surface area contributed by atoms with Gasteiger partial charge in [0.15, 0.2) is 0 Å². The summed E-state index contributed by atoms with van der Waals surface area (Å²) in [6.07, 6.45) is 0. The van der Waals surface area contributed by atoms with Gasteiger partial charge in [-0.25, -0.2) is 9.18 Å². The zero-order valence-corrected chi connectivity index (χ0v) is 11.2. The van der Waals surface area contributed by atoms with Crippen molar-refractivity contribution in [2.75, 3.05) is 0 Å². The second-order valence-electron chi connectivity index (χ2n) is 4.20. The van der Waals surface area contributed by atoms with Gasteiger partial charge in [0, 0.05) is 5.02 Å². The molecule has 0 unspecified atom stereocenters. The van der Waals surface area contributed by atoms with Crippen LogP contribution in [-0.4, -0.2) is 11.1 Å². The lowest BCUT2D eigenvalue weighted by Crippen LogP contribution is -2.02. The number of rotatable bonds is 5. The molecule has 0 aliphatic carbocycles. The molecular formula is C15H12ClFO3. The Bertz CT molecular complexity index is 628.